The lowest BCUT2D eigenvalue weighted by Crippen LogP contribution is -2.30. The van der Waals surface area contributed by atoms with E-state index >= 15 is 0 Å². The fourth-order valence-corrected chi connectivity index (χ4v) is 8.88. The highest BCUT2D eigenvalue weighted by Crippen LogP contribution is 2.43. The topological polar surface area (TPSA) is 155 Å². The van der Waals surface area contributed by atoms with Gasteiger partial charge in [0.2, 0.25) is 0 Å². The van der Waals surface area contributed by atoms with Crippen LogP contribution in [0.1, 0.15) is 265 Å². The van der Waals surface area contributed by atoms with Crippen molar-refractivity contribution in [2.75, 3.05) is 26.4 Å². The molecule has 0 aromatic rings. The molecule has 0 aliphatic carbocycles. The summed E-state index contributed by atoms with van der Waals surface area (Å²) in [6, 6.07) is 0. The highest BCUT2D eigenvalue weighted by Gasteiger charge is 2.28. The number of hydrogen-bond donors (Lipinski definition) is 2. The molecule has 0 saturated carbocycles. The standard InChI is InChI=1S/C62H109O11P/c1-4-7-10-13-16-19-22-25-27-29-31-34-37-40-43-46-49-52-61(65)72-58(54-63)56-70-74(67,68)71-57-59(55-69-60(64)51-48-45-42-39-36-33-24-21-18-15-12-9-6-3)73-62(66)53-50-47-44-41-38-35-32-30-28-26-23-20-17-14-11-8-5-2/h8,11,17,20,25-28,32,35,41,44,58-59,63H,4-7,9-10,12-16,18-19,21-24,29-31,33-34,36-40,42-43,45-57H2,1-3H3,(H,67,68)/b11-8-,20-17-,27-25-,28-26-,35-32-,44-41-. The molecule has 0 aromatic carbocycles. The van der Waals surface area contributed by atoms with Gasteiger partial charge in [0.1, 0.15) is 12.7 Å². The Hall–Kier alpha value is -3.08. The van der Waals surface area contributed by atoms with Gasteiger partial charge >= 0.3 is 25.7 Å². The molecular formula is C62H109O11P. The van der Waals surface area contributed by atoms with Crippen molar-refractivity contribution in [1.82, 2.24) is 0 Å². The minimum Gasteiger partial charge on any atom is -0.462 e. The van der Waals surface area contributed by atoms with E-state index in [2.05, 4.69) is 81.5 Å². The summed E-state index contributed by atoms with van der Waals surface area (Å²) in [5.41, 5.74) is 0. The summed E-state index contributed by atoms with van der Waals surface area (Å²) in [5, 5.41) is 9.83. The van der Waals surface area contributed by atoms with Crippen LogP contribution in [0.3, 0.4) is 0 Å². The van der Waals surface area contributed by atoms with Crippen LogP contribution in [0, 0.1) is 0 Å². The molecule has 0 spiro atoms. The third-order valence-corrected chi connectivity index (χ3v) is 13.6. The zero-order valence-electron chi connectivity index (χ0n) is 47.3. The van der Waals surface area contributed by atoms with Crippen molar-refractivity contribution in [3.63, 3.8) is 0 Å². The normalized spacial score (nSPS) is 13.9. The van der Waals surface area contributed by atoms with Crippen LogP contribution in [-0.2, 0) is 42.2 Å². The van der Waals surface area contributed by atoms with E-state index in [1.54, 1.807) is 0 Å². The van der Waals surface area contributed by atoms with Crippen LogP contribution in [0.4, 0.5) is 0 Å². The third kappa shape index (κ3) is 53.7. The number of hydrogen-bond acceptors (Lipinski definition) is 10. The lowest BCUT2D eigenvalue weighted by Gasteiger charge is -2.21. The average Bonchev–Trinajstić information content (AvgIpc) is 3.39. The smallest absolute Gasteiger partial charge is 0.462 e. The Morgan fingerprint density at radius 1 is 0.392 bits per heavy atom. The van der Waals surface area contributed by atoms with Crippen molar-refractivity contribution in [3.8, 4) is 0 Å². The van der Waals surface area contributed by atoms with Gasteiger partial charge in [-0.3, -0.25) is 23.4 Å². The lowest BCUT2D eigenvalue weighted by molar-refractivity contribution is -0.161. The van der Waals surface area contributed by atoms with Gasteiger partial charge in [-0.05, 0) is 83.5 Å². The first-order valence-corrected chi connectivity index (χ1v) is 31.3. The molecule has 0 aliphatic rings. The number of carbonyl (C=O) groups excluding carboxylic acids is 3. The number of aliphatic hydroxyl groups excluding tert-OH is 1. The van der Waals surface area contributed by atoms with Gasteiger partial charge in [-0.2, -0.15) is 0 Å². The minimum absolute atomic E-state index is 0.0893. The predicted molar refractivity (Wildman–Crippen MR) is 307 cm³/mol. The summed E-state index contributed by atoms with van der Waals surface area (Å²) in [6.07, 6.45) is 62.9. The van der Waals surface area contributed by atoms with Crippen molar-refractivity contribution < 1.29 is 52.2 Å². The van der Waals surface area contributed by atoms with E-state index in [4.69, 9.17) is 23.3 Å². The Balaban J connectivity index is 4.75. The van der Waals surface area contributed by atoms with Crippen molar-refractivity contribution in [2.24, 2.45) is 0 Å². The largest absolute Gasteiger partial charge is 0.472 e. The summed E-state index contributed by atoms with van der Waals surface area (Å²) in [4.78, 5) is 48.5. The first-order chi connectivity index (χ1) is 36.2. The number of carbonyl (C=O) groups is 3. The second-order valence-corrected chi connectivity index (χ2v) is 21.2. The van der Waals surface area contributed by atoms with Gasteiger partial charge in [-0.15, -0.1) is 0 Å². The maximum absolute atomic E-state index is 12.9. The molecule has 11 nitrogen and oxygen atoms in total. The first kappa shape index (κ1) is 70.9. The molecule has 2 N–H and O–H groups in total. The van der Waals surface area contributed by atoms with Crippen LogP contribution in [-0.4, -0.2) is 66.5 Å². The Morgan fingerprint density at radius 3 is 1.15 bits per heavy atom. The zero-order valence-corrected chi connectivity index (χ0v) is 48.2. The molecule has 0 bridgehead atoms. The van der Waals surface area contributed by atoms with E-state index < -0.39 is 57.8 Å². The maximum Gasteiger partial charge on any atom is 0.472 e. The molecular weight excluding hydrogens is 952 g/mol. The number of phosphoric acid groups is 1. The monoisotopic (exact) mass is 1060 g/mol. The summed E-state index contributed by atoms with van der Waals surface area (Å²) >= 11 is 0. The van der Waals surface area contributed by atoms with Crippen molar-refractivity contribution in [2.45, 2.75) is 277 Å². The molecule has 0 heterocycles. The lowest BCUT2D eigenvalue weighted by atomic mass is 10.0. The SMILES string of the molecule is CC/C=C\C/C=C\C/C=C\C/C=C\C/C=C\CCCC(=O)OC(COC(=O)CCCCCCCCCCCCCCC)COP(=O)(O)OCC(CO)OC(=O)CCCCCCCCC/C=C\CCCCCCCC. The molecule has 428 valence electrons. The minimum atomic E-state index is -4.76. The van der Waals surface area contributed by atoms with E-state index in [0.29, 0.717) is 25.7 Å². The van der Waals surface area contributed by atoms with Crippen LogP contribution < -0.4 is 0 Å². The summed E-state index contributed by atoms with van der Waals surface area (Å²) in [7, 11) is -4.76. The molecule has 0 rings (SSSR count). The number of rotatable bonds is 55. The van der Waals surface area contributed by atoms with Gasteiger partial charge in [-0.25, -0.2) is 4.57 Å². The molecule has 3 unspecified atom stereocenters. The second-order valence-electron chi connectivity index (χ2n) is 19.8. The van der Waals surface area contributed by atoms with Crippen LogP contribution in [0.5, 0.6) is 0 Å². The summed E-state index contributed by atoms with van der Waals surface area (Å²) in [6.45, 7) is 4.48. The van der Waals surface area contributed by atoms with E-state index in [0.717, 1.165) is 77.0 Å². The van der Waals surface area contributed by atoms with Gasteiger partial charge in [0.25, 0.3) is 0 Å². The molecule has 3 atom stereocenters. The molecule has 0 aromatic heterocycles. The van der Waals surface area contributed by atoms with Crippen molar-refractivity contribution in [1.29, 1.82) is 0 Å². The summed E-state index contributed by atoms with van der Waals surface area (Å²) in [5.74, 6) is -1.53. The van der Waals surface area contributed by atoms with Crippen LogP contribution in [0.25, 0.3) is 0 Å². The Kier molecular flexibility index (Phi) is 53.8. The molecule has 0 aliphatic heterocycles. The fraction of sp³-hybridized carbons (Fsp3) is 0.758. The van der Waals surface area contributed by atoms with Crippen LogP contribution >= 0.6 is 7.82 Å². The average molecular weight is 1060 g/mol. The molecule has 12 heteroatoms. The number of unbranched alkanes of at least 4 members (excludes halogenated alkanes) is 26. The maximum atomic E-state index is 12.9. The predicted octanol–water partition coefficient (Wildman–Crippen LogP) is 17.7. The molecule has 0 radical (unpaired) electrons. The fourth-order valence-electron chi connectivity index (χ4n) is 8.09. The summed E-state index contributed by atoms with van der Waals surface area (Å²) < 4.78 is 39.5. The number of ether oxygens (including phenoxy) is 3. The van der Waals surface area contributed by atoms with E-state index in [1.165, 1.54) is 122 Å². The first-order valence-electron chi connectivity index (χ1n) is 29.8. The number of aliphatic hydroxyl groups is 1. The number of esters is 3. The van der Waals surface area contributed by atoms with Gasteiger partial charge in [-0.1, -0.05) is 235 Å². The van der Waals surface area contributed by atoms with Gasteiger partial charge in [0, 0.05) is 19.3 Å². The van der Waals surface area contributed by atoms with E-state index in [-0.39, 0.29) is 25.9 Å². The van der Waals surface area contributed by atoms with Crippen molar-refractivity contribution >= 4 is 25.7 Å². The van der Waals surface area contributed by atoms with E-state index in [9.17, 15) is 28.9 Å². The van der Waals surface area contributed by atoms with Crippen molar-refractivity contribution in [3.05, 3.63) is 72.9 Å². The number of allylic oxidation sites excluding steroid dienone is 12. The quantitative estimate of drug-likeness (QED) is 0.0197. The van der Waals surface area contributed by atoms with E-state index in [1.807, 2.05) is 12.2 Å². The Morgan fingerprint density at radius 2 is 0.716 bits per heavy atom. The Labute approximate surface area is 452 Å². The molecule has 0 fully saturated rings. The van der Waals surface area contributed by atoms with Crippen LogP contribution in [0.15, 0.2) is 72.9 Å². The van der Waals surface area contributed by atoms with Gasteiger partial charge < -0.3 is 24.2 Å². The number of phosphoric ester groups is 1. The zero-order chi connectivity index (χ0) is 54.1. The van der Waals surface area contributed by atoms with Crippen LogP contribution in [0.2, 0.25) is 0 Å². The Bertz CT molecular complexity index is 1520. The molecule has 0 saturated heterocycles. The molecule has 0 amide bonds. The highest BCUT2D eigenvalue weighted by atomic mass is 31.2. The highest BCUT2D eigenvalue weighted by molar-refractivity contribution is 7.47. The third-order valence-electron chi connectivity index (χ3n) is 12.6. The molecule has 74 heavy (non-hydrogen) atoms. The van der Waals surface area contributed by atoms with Gasteiger partial charge in [0.15, 0.2) is 6.10 Å². The second kappa shape index (κ2) is 56.1. The van der Waals surface area contributed by atoms with Gasteiger partial charge in [0.05, 0.1) is 19.8 Å².